The molecule has 2 rings (SSSR count). The van der Waals surface area contributed by atoms with E-state index in [0.29, 0.717) is 0 Å². The highest BCUT2D eigenvalue weighted by molar-refractivity contribution is 14.0. The number of benzene rings is 1. The van der Waals surface area contributed by atoms with Gasteiger partial charge in [-0.3, -0.25) is 4.99 Å². The first-order valence-corrected chi connectivity index (χ1v) is 7.97. The fourth-order valence-corrected chi connectivity index (χ4v) is 3.11. The van der Waals surface area contributed by atoms with Crippen molar-refractivity contribution in [2.24, 2.45) is 16.6 Å². The Morgan fingerprint density at radius 3 is 2.85 bits per heavy atom. The molecule has 0 aromatic heterocycles. The zero-order valence-corrected chi connectivity index (χ0v) is 15.1. The van der Waals surface area contributed by atoms with Crippen LogP contribution in [0.1, 0.15) is 19.8 Å². The van der Waals surface area contributed by atoms with Crippen molar-refractivity contribution in [1.82, 2.24) is 4.90 Å². The minimum absolute atomic E-state index is 0. The lowest BCUT2D eigenvalue weighted by molar-refractivity contribution is 0.270. The van der Waals surface area contributed by atoms with Gasteiger partial charge >= 0.3 is 0 Å². The number of nitrogens with zero attached hydrogens (tertiary/aromatic N) is 2. The Hall–Kier alpha value is -0.430. The third-order valence-electron chi connectivity index (χ3n) is 3.36. The minimum Gasteiger partial charge on any atom is -0.370 e. The summed E-state index contributed by atoms with van der Waals surface area (Å²) in [4.78, 5) is 8.01. The fourth-order valence-electron chi connectivity index (χ4n) is 2.34. The van der Waals surface area contributed by atoms with E-state index < -0.39 is 0 Å². The monoisotopic (exact) mass is 405 g/mol. The van der Waals surface area contributed by atoms with Crippen molar-refractivity contribution in [1.29, 1.82) is 0 Å². The molecule has 1 unspecified atom stereocenters. The van der Waals surface area contributed by atoms with Gasteiger partial charge in [0.1, 0.15) is 0 Å². The second kappa shape index (κ2) is 9.50. The summed E-state index contributed by atoms with van der Waals surface area (Å²) in [6.07, 6.45) is 2.55. The van der Waals surface area contributed by atoms with Crippen LogP contribution in [0.4, 0.5) is 0 Å². The third kappa shape index (κ3) is 5.91. The van der Waals surface area contributed by atoms with Gasteiger partial charge in [-0.05, 0) is 30.9 Å². The Bertz CT molecular complexity index is 411. The summed E-state index contributed by atoms with van der Waals surface area (Å²) >= 11 is 1.83. The number of thioether (sulfide) groups is 1. The highest BCUT2D eigenvalue weighted by Crippen LogP contribution is 2.17. The van der Waals surface area contributed by atoms with E-state index in [1.165, 1.54) is 17.7 Å². The number of hydrogen-bond acceptors (Lipinski definition) is 2. The van der Waals surface area contributed by atoms with Crippen LogP contribution in [0.2, 0.25) is 0 Å². The van der Waals surface area contributed by atoms with Crippen molar-refractivity contribution in [3.63, 3.8) is 0 Å². The Labute approximate surface area is 143 Å². The smallest absolute Gasteiger partial charge is 0.191 e. The number of piperidine rings is 1. The lowest BCUT2D eigenvalue weighted by atomic mass is 10.0. The number of halogens is 1. The summed E-state index contributed by atoms with van der Waals surface area (Å²) < 4.78 is 0. The lowest BCUT2D eigenvalue weighted by Gasteiger charge is -2.31. The second-order valence-electron chi connectivity index (χ2n) is 5.09. The van der Waals surface area contributed by atoms with Crippen LogP contribution in [0, 0.1) is 5.92 Å². The molecule has 5 heteroatoms. The van der Waals surface area contributed by atoms with Gasteiger partial charge in [-0.25, -0.2) is 0 Å². The topological polar surface area (TPSA) is 41.6 Å². The number of likely N-dealkylation sites (tertiary alicyclic amines) is 1. The maximum atomic E-state index is 6.06. The molecule has 1 saturated heterocycles. The Morgan fingerprint density at radius 2 is 2.15 bits per heavy atom. The van der Waals surface area contributed by atoms with E-state index in [0.717, 1.165) is 37.3 Å². The summed E-state index contributed by atoms with van der Waals surface area (Å²) in [7, 11) is 0. The predicted octanol–water partition coefficient (Wildman–Crippen LogP) is 3.44. The average Bonchev–Trinajstić information content (AvgIpc) is 2.44. The SMILES string of the molecule is CC1CCCN(C(N)=NCCSc2ccccc2)C1.I. The number of hydrogen-bond donors (Lipinski definition) is 1. The molecule has 1 atom stereocenters. The van der Waals surface area contributed by atoms with Gasteiger partial charge in [-0.15, -0.1) is 35.7 Å². The van der Waals surface area contributed by atoms with Crippen LogP contribution in [0.3, 0.4) is 0 Å². The quantitative estimate of drug-likeness (QED) is 0.274. The molecule has 1 aromatic rings. The normalized spacial score (nSPS) is 19.6. The number of guanidine groups is 1. The van der Waals surface area contributed by atoms with Crippen molar-refractivity contribution in [2.75, 3.05) is 25.4 Å². The first-order valence-electron chi connectivity index (χ1n) is 6.98. The molecule has 0 aliphatic carbocycles. The second-order valence-corrected chi connectivity index (χ2v) is 6.26. The van der Waals surface area contributed by atoms with E-state index in [9.17, 15) is 0 Å². The summed E-state index contributed by atoms with van der Waals surface area (Å²) in [5.41, 5.74) is 6.06. The molecule has 0 spiro atoms. The molecule has 0 amide bonds. The molecule has 112 valence electrons. The molecular weight excluding hydrogens is 381 g/mol. The van der Waals surface area contributed by atoms with Gasteiger partial charge in [0.05, 0.1) is 6.54 Å². The minimum atomic E-state index is 0. The van der Waals surface area contributed by atoms with Crippen LogP contribution >= 0.6 is 35.7 Å². The molecule has 2 N–H and O–H groups in total. The van der Waals surface area contributed by atoms with Gasteiger partial charge in [0.15, 0.2) is 5.96 Å². The summed E-state index contributed by atoms with van der Waals surface area (Å²) in [6.45, 7) is 5.19. The zero-order valence-electron chi connectivity index (χ0n) is 12.0. The highest BCUT2D eigenvalue weighted by atomic mass is 127. The molecule has 0 radical (unpaired) electrons. The first-order chi connectivity index (χ1) is 9.25. The van der Waals surface area contributed by atoms with E-state index in [4.69, 9.17) is 5.73 Å². The zero-order chi connectivity index (χ0) is 13.5. The summed E-state index contributed by atoms with van der Waals surface area (Å²) in [6, 6.07) is 10.4. The number of rotatable bonds is 4. The standard InChI is InChI=1S/C15H23N3S.HI/c1-13-6-5-10-18(12-13)15(16)17-9-11-19-14-7-3-2-4-8-14;/h2-4,7-8,13H,5-6,9-12H2,1H3,(H2,16,17);1H. The van der Waals surface area contributed by atoms with Crippen molar-refractivity contribution < 1.29 is 0 Å². The fraction of sp³-hybridized carbons (Fsp3) is 0.533. The summed E-state index contributed by atoms with van der Waals surface area (Å²) in [5, 5.41) is 0. The van der Waals surface area contributed by atoms with Crippen LogP contribution in [0.5, 0.6) is 0 Å². The maximum absolute atomic E-state index is 6.06. The Morgan fingerprint density at radius 1 is 1.40 bits per heavy atom. The molecule has 3 nitrogen and oxygen atoms in total. The van der Waals surface area contributed by atoms with Crippen molar-refractivity contribution in [2.45, 2.75) is 24.7 Å². The van der Waals surface area contributed by atoms with Gasteiger partial charge in [0.2, 0.25) is 0 Å². The molecule has 1 aromatic carbocycles. The molecule has 1 aliphatic heterocycles. The van der Waals surface area contributed by atoms with Crippen LogP contribution in [0.15, 0.2) is 40.2 Å². The van der Waals surface area contributed by atoms with Crippen molar-refractivity contribution in [3.05, 3.63) is 30.3 Å². The van der Waals surface area contributed by atoms with E-state index in [2.05, 4.69) is 41.1 Å². The van der Waals surface area contributed by atoms with E-state index in [-0.39, 0.29) is 24.0 Å². The molecule has 0 bridgehead atoms. The molecular formula is C15H24IN3S. The van der Waals surface area contributed by atoms with E-state index in [1.807, 2.05) is 17.8 Å². The lowest BCUT2D eigenvalue weighted by Crippen LogP contribution is -2.43. The Kier molecular flexibility index (Phi) is 8.37. The van der Waals surface area contributed by atoms with Crippen LogP contribution in [-0.2, 0) is 0 Å². The Balaban J connectivity index is 0.00000200. The van der Waals surface area contributed by atoms with Crippen LogP contribution < -0.4 is 5.73 Å². The predicted molar refractivity (Wildman–Crippen MR) is 99.0 cm³/mol. The van der Waals surface area contributed by atoms with E-state index in [1.54, 1.807) is 0 Å². The average molecular weight is 405 g/mol. The highest BCUT2D eigenvalue weighted by Gasteiger charge is 2.17. The molecule has 0 saturated carbocycles. The number of nitrogens with two attached hydrogens (primary N) is 1. The first kappa shape index (κ1) is 17.6. The van der Waals surface area contributed by atoms with Gasteiger partial charge in [0, 0.05) is 23.7 Å². The van der Waals surface area contributed by atoms with Crippen molar-refractivity contribution >= 4 is 41.7 Å². The van der Waals surface area contributed by atoms with Crippen molar-refractivity contribution in [3.8, 4) is 0 Å². The molecule has 1 heterocycles. The van der Waals surface area contributed by atoms with E-state index >= 15 is 0 Å². The van der Waals surface area contributed by atoms with Gasteiger partial charge < -0.3 is 10.6 Å². The number of aliphatic imine (C=N–C) groups is 1. The van der Waals surface area contributed by atoms with Crippen LogP contribution in [0.25, 0.3) is 0 Å². The van der Waals surface area contributed by atoms with Crippen LogP contribution in [-0.4, -0.2) is 36.2 Å². The molecule has 1 fully saturated rings. The summed E-state index contributed by atoms with van der Waals surface area (Å²) in [5.74, 6) is 2.44. The van der Waals surface area contributed by atoms with Gasteiger partial charge in [-0.1, -0.05) is 25.1 Å². The van der Waals surface area contributed by atoms with Gasteiger partial charge in [-0.2, -0.15) is 0 Å². The maximum Gasteiger partial charge on any atom is 0.191 e. The molecule has 1 aliphatic rings. The molecule has 20 heavy (non-hydrogen) atoms. The third-order valence-corrected chi connectivity index (χ3v) is 4.35. The largest absolute Gasteiger partial charge is 0.370 e. The van der Waals surface area contributed by atoms with Gasteiger partial charge in [0.25, 0.3) is 0 Å².